The average Bonchev–Trinajstić information content (AvgIpc) is 3.57. The first-order valence-electron chi connectivity index (χ1n) is 19.2. The quantitative estimate of drug-likeness (QED) is 0.138. The predicted octanol–water partition coefficient (Wildman–Crippen LogP) is 2.04. The number of carbonyl (C=O) groups excluding carboxylic acids is 6. The van der Waals surface area contributed by atoms with Crippen LogP contribution in [-0.2, 0) is 83.7 Å². The molecule has 64 heavy (non-hydrogen) atoms. The van der Waals surface area contributed by atoms with Gasteiger partial charge < -0.3 is 55.7 Å². The molecule has 0 aliphatic carbocycles. The second-order valence-corrected chi connectivity index (χ2v) is 15.2. The number of carbonyl (C=O) groups is 6. The Balaban J connectivity index is 1.26. The van der Waals surface area contributed by atoms with E-state index in [0.29, 0.717) is 11.1 Å². The van der Waals surface area contributed by atoms with Crippen LogP contribution in [0.4, 0.5) is 0 Å². The molecule has 2 aliphatic heterocycles. The van der Waals surface area contributed by atoms with E-state index in [2.05, 4.69) is 4.98 Å². The molecule has 0 saturated carbocycles. The van der Waals surface area contributed by atoms with Gasteiger partial charge >= 0.3 is 51.9 Å². The monoisotopic (exact) mass is 920 g/mol. The normalized spacial score (nSPS) is 22.8. The van der Waals surface area contributed by atoms with Crippen molar-refractivity contribution in [3.8, 4) is 23.1 Å². The number of benzene rings is 2. The van der Waals surface area contributed by atoms with Gasteiger partial charge in [-0.15, -0.1) is 8.42 Å². The van der Waals surface area contributed by atoms with Crippen LogP contribution >= 0.6 is 0 Å². The summed E-state index contributed by atoms with van der Waals surface area (Å²) in [5.41, 5.74) is 0.159. The first-order chi connectivity index (χ1) is 30.2. The highest BCUT2D eigenvalue weighted by molar-refractivity contribution is 7.82. The van der Waals surface area contributed by atoms with Crippen molar-refractivity contribution < 1.29 is 92.9 Å². The maximum atomic E-state index is 13.2. The molecule has 5 rings (SSSR count). The number of aromatic nitrogens is 2. The lowest BCUT2D eigenvalue weighted by atomic mass is 9.98. The van der Waals surface area contributed by atoms with E-state index in [9.17, 15) is 42.0 Å². The Kier molecular flexibility index (Phi) is 15.9. The van der Waals surface area contributed by atoms with Crippen LogP contribution in [0.3, 0.4) is 0 Å². The first kappa shape index (κ1) is 48.2. The number of aryl methyl sites for hydroxylation is 1. The fraction of sp³-hybridized carbons (Fsp3) is 0.450. The third-order valence-electron chi connectivity index (χ3n) is 8.76. The van der Waals surface area contributed by atoms with Gasteiger partial charge in [-0.25, -0.2) is 4.79 Å². The minimum atomic E-state index is -4.90. The third-order valence-corrected chi connectivity index (χ3v) is 9.54. The number of para-hydroxylation sites is 2. The smallest absolute Gasteiger partial charge is 0.472 e. The van der Waals surface area contributed by atoms with Gasteiger partial charge in [0.25, 0.3) is 0 Å². The van der Waals surface area contributed by atoms with E-state index in [0.717, 1.165) is 39.2 Å². The molecule has 2 aromatic carbocycles. The van der Waals surface area contributed by atoms with Gasteiger partial charge in [0.1, 0.15) is 31.3 Å². The van der Waals surface area contributed by atoms with E-state index in [1.807, 2.05) is 0 Å². The predicted molar refractivity (Wildman–Crippen MR) is 209 cm³/mol. The first-order valence-corrected chi connectivity index (χ1v) is 20.5. The summed E-state index contributed by atoms with van der Waals surface area (Å²) in [5, 5.41) is 0. The van der Waals surface area contributed by atoms with E-state index in [4.69, 9.17) is 55.7 Å². The second-order valence-electron chi connectivity index (χ2n) is 14.0. The minimum Gasteiger partial charge on any atom is -0.472 e. The van der Waals surface area contributed by atoms with Gasteiger partial charge in [-0.05, 0) is 36.8 Å². The number of hydrogen-bond acceptors (Lipinski definition) is 22. The van der Waals surface area contributed by atoms with Crippen molar-refractivity contribution in [2.45, 2.75) is 111 Å². The molecule has 3 heterocycles. The summed E-state index contributed by atoms with van der Waals surface area (Å²) in [6.45, 7) is 7.56. The van der Waals surface area contributed by atoms with Crippen molar-refractivity contribution in [3.05, 3.63) is 76.3 Å². The van der Waals surface area contributed by atoms with Gasteiger partial charge in [-0.2, -0.15) is 4.98 Å². The largest absolute Gasteiger partial charge is 0.501 e. The standard InChI is InChI=1S/C40H44N2O21S/c1-20-17-42(33-16-31(54-22(3)44)38(61-33)58-26(7)48)40(49)41-37(20)53-18-27-12-14-28(15-13-27)62-64(50,51)63-30-11-9-8-10-29(30)59-39-36(57-25(6)47)35(56-24(5)46)34(55-23(4)45)32(60-39)19-52-21(2)43/h8-15,17,31-36,38-39H,16,18-19H2,1-7H3/t31?,32-,33-,34+,35+,36-,38+,39?/m1/s1. The lowest BCUT2D eigenvalue weighted by Crippen LogP contribution is -2.63. The molecule has 23 nitrogen and oxygen atoms in total. The van der Waals surface area contributed by atoms with E-state index >= 15 is 0 Å². The molecule has 0 spiro atoms. The summed E-state index contributed by atoms with van der Waals surface area (Å²) < 4.78 is 92.8. The zero-order valence-corrected chi connectivity index (χ0v) is 36.1. The Labute approximate surface area is 364 Å². The molecular formula is C40H44N2O21S. The van der Waals surface area contributed by atoms with Crippen molar-refractivity contribution in [1.29, 1.82) is 0 Å². The molecule has 2 fully saturated rings. The van der Waals surface area contributed by atoms with Crippen LogP contribution in [0.5, 0.6) is 23.1 Å². The van der Waals surface area contributed by atoms with Crippen molar-refractivity contribution in [2.24, 2.45) is 0 Å². The average molecular weight is 921 g/mol. The molecule has 3 aromatic rings. The lowest BCUT2D eigenvalue weighted by molar-refractivity contribution is -0.288. The van der Waals surface area contributed by atoms with Crippen LogP contribution in [0, 0.1) is 6.92 Å². The third kappa shape index (κ3) is 13.4. The number of ether oxygens (including phenoxy) is 10. The summed E-state index contributed by atoms with van der Waals surface area (Å²) in [7, 11) is -4.90. The van der Waals surface area contributed by atoms with Gasteiger partial charge in [0.05, 0.1) is 0 Å². The molecule has 0 N–H and O–H groups in total. The Bertz CT molecular complexity index is 2360. The summed E-state index contributed by atoms with van der Waals surface area (Å²) in [5.74, 6) is -5.58. The molecule has 2 aliphatic rings. The summed E-state index contributed by atoms with van der Waals surface area (Å²) in [6.07, 6.45) is -9.45. The van der Waals surface area contributed by atoms with E-state index < -0.39 is 114 Å². The molecule has 0 amide bonds. The summed E-state index contributed by atoms with van der Waals surface area (Å²) in [4.78, 5) is 88.3. The molecule has 8 atom stereocenters. The highest BCUT2D eigenvalue weighted by atomic mass is 32.3. The maximum Gasteiger partial charge on any atom is 0.501 e. The number of esters is 6. The highest BCUT2D eigenvalue weighted by Crippen LogP contribution is 2.36. The maximum absolute atomic E-state index is 13.2. The van der Waals surface area contributed by atoms with Crippen LogP contribution in [0.2, 0.25) is 0 Å². The Morgan fingerprint density at radius 3 is 1.91 bits per heavy atom. The second kappa shape index (κ2) is 21.1. The summed E-state index contributed by atoms with van der Waals surface area (Å²) >= 11 is 0. The van der Waals surface area contributed by atoms with Gasteiger partial charge in [-0.1, -0.05) is 24.3 Å². The Hall–Kier alpha value is -6.79. The van der Waals surface area contributed by atoms with Crippen molar-refractivity contribution in [3.63, 3.8) is 0 Å². The van der Waals surface area contributed by atoms with Crippen molar-refractivity contribution >= 4 is 46.2 Å². The van der Waals surface area contributed by atoms with Gasteiger partial charge in [0.15, 0.2) is 29.8 Å². The molecule has 0 radical (unpaired) electrons. The molecule has 346 valence electrons. The van der Waals surface area contributed by atoms with Gasteiger partial charge in [0.2, 0.25) is 24.6 Å². The van der Waals surface area contributed by atoms with Crippen molar-refractivity contribution in [2.75, 3.05) is 6.61 Å². The highest BCUT2D eigenvalue weighted by Gasteiger charge is 2.53. The van der Waals surface area contributed by atoms with Gasteiger partial charge in [0, 0.05) is 59.7 Å². The summed E-state index contributed by atoms with van der Waals surface area (Å²) in [6, 6.07) is 10.9. The Morgan fingerprint density at radius 2 is 1.30 bits per heavy atom. The molecule has 0 bridgehead atoms. The van der Waals surface area contributed by atoms with Gasteiger partial charge in [-0.3, -0.25) is 33.3 Å². The molecule has 1 aromatic heterocycles. The van der Waals surface area contributed by atoms with Crippen LogP contribution < -0.4 is 23.5 Å². The van der Waals surface area contributed by atoms with Crippen molar-refractivity contribution in [1.82, 2.24) is 9.55 Å². The molecule has 2 saturated heterocycles. The molecule has 24 heteroatoms. The lowest BCUT2D eigenvalue weighted by Gasteiger charge is -2.43. The molecule has 2 unspecified atom stereocenters. The minimum absolute atomic E-state index is 0.00227. The SMILES string of the molecule is CC(=O)OC[C@H]1OC(Oc2ccccc2OS(=O)(=O)Oc2ccc(COc3nc(=O)n([C@H]4CC(OC(C)=O)[C@@H](OC(C)=O)O4)cc3C)cc2)[C@H](OC(C)=O)[C@@H](OC(C)=O)[C@H]1OC(C)=O. The number of nitrogens with zero attached hydrogens (tertiary/aromatic N) is 2. The van der Waals surface area contributed by atoms with E-state index in [-0.39, 0.29) is 30.4 Å². The molecular weight excluding hydrogens is 876 g/mol. The zero-order chi connectivity index (χ0) is 46.9. The number of rotatable bonds is 17. The fourth-order valence-electron chi connectivity index (χ4n) is 6.34. The fourth-order valence-corrected chi connectivity index (χ4v) is 7.08. The van der Waals surface area contributed by atoms with Crippen LogP contribution in [0.15, 0.2) is 59.5 Å². The van der Waals surface area contributed by atoms with E-state index in [1.54, 1.807) is 6.92 Å². The number of hydrogen-bond donors (Lipinski definition) is 0. The van der Waals surface area contributed by atoms with Crippen LogP contribution in [0.25, 0.3) is 0 Å². The Morgan fingerprint density at radius 1 is 0.703 bits per heavy atom. The van der Waals surface area contributed by atoms with Crippen LogP contribution in [0.1, 0.15) is 65.3 Å². The topological polar surface area (TPSA) is 282 Å². The van der Waals surface area contributed by atoms with E-state index in [1.165, 1.54) is 61.7 Å². The zero-order valence-electron chi connectivity index (χ0n) is 35.3. The van der Waals surface area contributed by atoms with Crippen LogP contribution in [-0.4, -0.2) is 103 Å².